The van der Waals surface area contributed by atoms with Gasteiger partial charge in [-0.1, -0.05) is 18.2 Å². The molecule has 68 valence electrons. The molecule has 0 unspecified atom stereocenters. The molecule has 0 atom stereocenters. The van der Waals surface area contributed by atoms with Gasteiger partial charge in [0.2, 0.25) is 0 Å². The summed E-state index contributed by atoms with van der Waals surface area (Å²) < 4.78 is 1.69. The SMILES string of the molecule is Cc1ccc2c3ccccc3nn2n1. The lowest BCUT2D eigenvalue weighted by atomic mass is 10.2. The Hall–Kier alpha value is -1.90. The second-order valence-electron chi connectivity index (χ2n) is 3.37. The third-order valence-electron chi connectivity index (χ3n) is 2.33. The zero-order chi connectivity index (χ0) is 9.54. The number of aromatic nitrogens is 3. The van der Waals surface area contributed by atoms with Crippen LogP contribution >= 0.6 is 0 Å². The zero-order valence-electron chi connectivity index (χ0n) is 7.81. The van der Waals surface area contributed by atoms with Gasteiger partial charge in [0.1, 0.15) is 0 Å². The molecule has 3 aromatic rings. The fraction of sp³-hybridized carbons (Fsp3) is 0.0909. The average Bonchev–Trinajstić information content (AvgIpc) is 2.54. The highest BCUT2D eigenvalue weighted by molar-refractivity contribution is 5.93. The largest absolute Gasteiger partial charge is 0.155 e. The van der Waals surface area contributed by atoms with Crippen LogP contribution in [0.1, 0.15) is 5.69 Å². The van der Waals surface area contributed by atoms with Crippen LogP contribution in [0.25, 0.3) is 16.4 Å². The maximum absolute atomic E-state index is 4.38. The third-order valence-corrected chi connectivity index (χ3v) is 2.33. The predicted molar refractivity (Wildman–Crippen MR) is 55.2 cm³/mol. The van der Waals surface area contributed by atoms with Crippen LogP contribution in [0.15, 0.2) is 36.4 Å². The summed E-state index contributed by atoms with van der Waals surface area (Å²) in [6.45, 7) is 1.96. The molecule has 0 saturated heterocycles. The molecule has 1 aromatic carbocycles. The first kappa shape index (κ1) is 7.50. The lowest BCUT2D eigenvalue weighted by Gasteiger charge is -1.92. The van der Waals surface area contributed by atoms with Crippen molar-refractivity contribution in [3.05, 3.63) is 42.1 Å². The molecule has 3 heteroatoms. The minimum atomic E-state index is 0.977. The Bertz CT molecular complexity index is 610. The highest BCUT2D eigenvalue weighted by atomic mass is 15.4. The average molecular weight is 183 g/mol. The molecule has 0 bridgehead atoms. The van der Waals surface area contributed by atoms with Crippen LogP contribution in [0.2, 0.25) is 0 Å². The van der Waals surface area contributed by atoms with Crippen LogP contribution in [0.5, 0.6) is 0 Å². The minimum Gasteiger partial charge on any atom is -0.155 e. The Labute approximate surface area is 81.0 Å². The molecular weight excluding hydrogens is 174 g/mol. The van der Waals surface area contributed by atoms with Crippen molar-refractivity contribution in [2.24, 2.45) is 0 Å². The van der Waals surface area contributed by atoms with Gasteiger partial charge in [-0.25, -0.2) is 0 Å². The first-order valence-electron chi connectivity index (χ1n) is 4.56. The molecule has 0 spiro atoms. The Morgan fingerprint density at radius 1 is 1.00 bits per heavy atom. The lowest BCUT2D eigenvalue weighted by Crippen LogP contribution is -1.94. The number of fused-ring (bicyclic) bond motifs is 3. The topological polar surface area (TPSA) is 30.2 Å². The lowest BCUT2D eigenvalue weighted by molar-refractivity contribution is 0.791. The minimum absolute atomic E-state index is 0.977. The Balaban J connectivity index is 2.57. The molecular formula is C11H9N3. The van der Waals surface area contributed by atoms with E-state index in [9.17, 15) is 0 Å². The van der Waals surface area contributed by atoms with Crippen LogP contribution < -0.4 is 0 Å². The van der Waals surface area contributed by atoms with E-state index in [-0.39, 0.29) is 0 Å². The smallest absolute Gasteiger partial charge is 0.0952 e. The van der Waals surface area contributed by atoms with Gasteiger partial charge in [0.15, 0.2) is 0 Å². The molecule has 3 nitrogen and oxygen atoms in total. The predicted octanol–water partition coefficient (Wildman–Crippen LogP) is 2.19. The molecule has 0 amide bonds. The summed E-state index contributed by atoms with van der Waals surface area (Å²) in [5, 5.41) is 9.85. The van der Waals surface area contributed by atoms with Crippen molar-refractivity contribution in [1.82, 2.24) is 14.8 Å². The van der Waals surface area contributed by atoms with E-state index in [4.69, 9.17) is 0 Å². The second kappa shape index (κ2) is 2.54. The Morgan fingerprint density at radius 2 is 1.86 bits per heavy atom. The van der Waals surface area contributed by atoms with Crippen molar-refractivity contribution in [2.45, 2.75) is 6.92 Å². The summed E-state index contributed by atoms with van der Waals surface area (Å²) in [6, 6.07) is 12.1. The number of hydrogen-bond donors (Lipinski definition) is 0. The van der Waals surface area contributed by atoms with Crippen molar-refractivity contribution < 1.29 is 0 Å². The van der Waals surface area contributed by atoms with Gasteiger partial charge in [-0.05, 0) is 25.1 Å². The molecule has 0 saturated carbocycles. The molecule has 2 heterocycles. The van der Waals surface area contributed by atoms with E-state index < -0.39 is 0 Å². The van der Waals surface area contributed by atoms with Crippen molar-refractivity contribution in [3.8, 4) is 0 Å². The van der Waals surface area contributed by atoms with Gasteiger partial charge in [-0.15, -0.1) is 5.10 Å². The van der Waals surface area contributed by atoms with Crippen molar-refractivity contribution in [1.29, 1.82) is 0 Å². The van der Waals surface area contributed by atoms with E-state index in [0.29, 0.717) is 0 Å². The summed E-state index contributed by atoms with van der Waals surface area (Å²) in [7, 11) is 0. The van der Waals surface area contributed by atoms with Crippen LogP contribution in [0, 0.1) is 6.92 Å². The van der Waals surface area contributed by atoms with Gasteiger partial charge in [0, 0.05) is 5.39 Å². The third kappa shape index (κ3) is 0.923. The fourth-order valence-corrected chi connectivity index (χ4v) is 1.66. The molecule has 0 aliphatic carbocycles. The van der Waals surface area contributed by atoms with Gasteiger partial charge in [-0.3, -0.25) is 0 Å². The van der Waals surface area contributed by atoms with Gasteiger partial charge >= 0.3 is 0 Å². The Kier molecular flexibility index (Phi) is 1.36. The normalized spacial score (nSPS) is 11.2. The summed E-state index contributed by atoms with van der Waals surface area (Å²) in [6.07, 6.45) is 0. The fourth-order valence-electron chi connectivity index (χ4n) is 1.66. The van der Waals surface area contributed by atoms with Gasteiger partial charge in [0.25, 0.3) is 0 Å². The summed E-state index contributed by atoms with van der Waals surface area (Å²) >= 11 is 0. The molecule has 0 fully saturated rings. The van der Waals surface area contributed by atoms with E-state index in [1.807, 2.05) is 31.2 Å². The van der Waals surface area contributed by atoms with E-state index >= 15 is 0 Å². The molecule has 0 aliphatic heterocycles. The maximum Gasteiger partial charge on any atom is 0.0952 e. The van der Waals surface area contributed by atoms with Crippen LogP contribution in [-0.2, 0) is 0 Å². The van der Waals surface area contributed by atoms with Gasteiger partial charge in [-0.2, -0.15) is 9.73 Å². The van der Waals surface area contributed by atoms with Crippen molar-refractivity contribution in [2.75, 3.05) is 0 Å². The second-order valence-corrected chi connectivity index (χ2v) is 3.37. The number of nitrogens with zero attached hydrogens (tertiary/aromatic N) is 3. The summed E-state index contributed by atoms with van der Waals surface area (Å²) in [4.78, 5) is 0. The van der Waals surface area contributed by atoms with E-state index in [0.717, 1.165) is 22.1 Å². The first-order valence-corrected chi connectivity index (χ1v) is 4.56. The maximum atomic E-state index is 4.38. The quantitative estimate of drug-likeness (QED) is 0.534. The van der Waals surface area contributed by atoms with E-state index in [1.54, 1.807) is 4.63 Å². The Morgan fingerprint density at radius 3 is 2.79 bits per heavy atom. The molecule has 0 aliphatic rings. The van der Waals surface area contributed by atoms with Gasteiger partial charge < -0.3 is 0 Å². The van der Waals surface area contributed by atoms with E-state index in [2.05, 4.69) is 22.3 Å². The van der Waals surface area contributed by atoms with Crippen LogP contribution in [0.3, 0.4) is 0 Å². The molecule has 0 radical (unpaired) electrons. The van der Waals surface area contributed by atoms with Crippen molar-refractivity contribution >= 4 is 16.4 Å². The first-order chi connectivity index (χ1) is 6.84. The highest BCUT2D eigenvalue weighted by Gasteiger charge is 2.03. The number of aryl methyl sites for hydroxylation is 1. The van der Waals surface area contributed by atoms with Crippen LogP contribution in [-0.4, -0.2) is 14.8 Å². The van der Waals surface area contributed by atoms with E-state index in [1.165, 1.54) is 0 Å². The summed E-state index contributed by atoms with van der Waals surface area (Å²) in [5.74, 6) is 0. The zero-order valence-corrected chi connectivity index (χ0v) is 7.81. The molecule has 14 heavy (non-hydrogen) atoms. The number of hydrogen-bond acceptors (Lipinski definition) is 2. The molecule has 0 N–H and O–H groups in total. The number of rotatable bonds is 0. The highest BCUT2D eigenvalue weighted by Crippen LogP contribution is 2.17. The molecule has 3 rings (SSSR count). The monoisotopic (exact) mass is 183 g/mol. The standard InChI is InChI=1S/C11H9N3/c1-8-6-7-11-9-4-2-3-5-10(9)13-14(11)12-8/h2-7H,1H3. The number of benzene rings is 1. The van der Waals surface area contributed by atoms with Crippen molar-refractivity contribution in [3.63, 3.8) is 0 Å². The van der Waals surface area contributed by atoms with Crippen LogP contribution in [0.4, 0.5) is 0 Å². The summed E-state index contributed by atoms with van der Waals surface area (Å²) in [5.41, 5.74) is 3.03. The van der Waals surface area contributed by atoms with Gasteiger partial charge in [0.05, 0.1) is 16.7 Å². The molecule has 2 aromatic heterocycles.